The molecule has 10 nitrogen and oxygen atoms in total. The average Bonchev–Trinajstić information content (AvgIpc) is 3.31. The van der Waals surface area contributed by atoms with E-state index in [1.54, 1.807) is 10.7 Å². The molecule has 7 rings (SSSR count). The van der Waals surface area contributed by atoms with Crippen LogP contribution in [0.3, 0.4) is 0 Å². The molecule has 39 heavy (non-hydrogen) atoms. The van der Waals surface area contributed by atoms with Gasteiger partial charge in [-0.25, -0.2) is 19.5 Å². The molecule has 3 N–H and O–H groups in total. The summed E-state index contributed by atoms with van der Waals surface area (Å²) >= 11 is 0. The van der Waals surface area contributed by atoms with Crippen molar-refractivity contribution < 1.29 is 0 Å². The van der Waals surface area contributed by atoms with Crippen LogP contribution in [0.15, 0.2) is 73.3 Å². The first-order valence-electron chi connectivity index (χ1n) is 13.1. The Morgan fingerprint density at radius 2 is 2.03 bits per heavy atom. The molecule has 10 heteroatoms. The molecule has 1 atom stereocenters. The Morgan fingerprint density at radius 1 is 1.10 bits per heavy atom. The van der Waals surface area contributed by atoms with E-state index in [9.17, 15) is 0 Å². The standard InChI is InChI=1S/C29H28N10/c1-29(2)17-30-11-10-22(29)34-27-25-20(18-6-5-7-18)15-31-16-21(25)33-26(37-27)19-9-12-32-23(14-19)35-28-36-24-8-3-4-13-39(24)38-28/h3-9,12-16,22,30H,10-11,17H2,1-2H3,(H,32,35,38)(H,33,34,37)/t22-/m0/s1. The summed E-state index contributed by atoms with van der Waals surface area (Å²) in [7, 11) is 0. The lowest BCUT2D eigenvalue weighted by molar-refractivity contribution is 0.236. The number of nitrogens with one attached hydrogen (secondary N) is 3. The minimum atomic E-state index is 0.0629. The number of anilines is 3. The molecule has 0 unspecified atom stereocenters. The van der Waals surface area contributed by atoms with Crippen LogP contribution in [-0.4, -0.2) is 53.7 Å². The predicted octanol–water partition coefficient (Wildman–Crippen LogP) is 4.63. The molecule has 1 aliphatic carbocycles. The van der Waals surface area contributed by atoms with Gasteiger partial charge in [0.05, 0.1) is 17.1 Å². The minimum absolute atomic E-state index is 0.0629. The fraction of sp³-hybridized carbons (Fsp3) is 0.241. The number of nitrogens with zero attached hydrogens (tertiary/aromatic N) is 7. The lowest BCUT2D eigenvalue weighted by Gasteiger charge is -2.40. The van der Waals surface area contributed by atoms with Crippen molar-refractivity contribution in [1.29, 1.82) is 0 Å². The summed E-state index contributed by atoms with van der Waals surface area (Å²) in [5, 5.41) is 16.0. The largest absolute Gasteiger partial charge is 0.366 e. The van der Waals surface area contributed by atoms with Crippen LogP contribution in [0.2, 0.25) is 0 Å². The third-order valence-corrected chi connectivity index (χ3v) is 7.41. The molecular formula is C29H28N10. The Hall–Kier alpha value is -4.70. The number of piperidine rings is 1. The molecule has 0 aromatic carbocycles. The first-order valence-corrected chi connectivity index (χ1v) is 13.1. The lowest BCUT2D eigenvalue weighted by Crippen LogP contribution is -2.49. The zero-order valence-electron chi connectivity index (χ0n) is 21.8. The molecule has 0 radical (unpaired) electrons. The molecule has 0 amide bonds. The highest BCUT2D eigenvalue weighted by Gasteiger charge is 2.33. The van der Waals surface area contributed by atoms with Gasteiger partial charge in [-0.15, -0.1) is 5.10 Å². The second kappa shape index (κ2) is 9.25. The molecule has 0 bridgehead atoms. The van der Waals surface area contributed by atoms with Crippen LogP contribution in [0, 0.1) is 5.41 Å². The van der Waals surface area contributed by atoms with E-state index in [0.29, 0.717) is 17.6 Å². The molecular weight excluding hydrogens is 488 g/mol. The van der Waals surface area contributed by atoms with E-state index in [2.05, 4.69) is 62.0 Å². The van der Waals surface area contributed by atoms with Crippen molar-refractivity contribution in [3.8, 4) is 11.4 Å². The van der Waals surface area contributed by atoms with Gasteiger partial charge in [-0.2, -0.15) is 4.98 Å². The summed E-state index contributed by atoms with van der Waals surface area (Å²) in [4.78, 5) is 23.6. The van der Waals surface area contributed by atoms with E-state index in [4.69, 9.17) is 9.97 Å². The zero-order valence-corrected chi connectivity index (χ0v) is 21.8. The van der Waals surface area contributed by atoms with Crippen molar-refractivity contribution >= 4 is 39.7 Å². The van der Waals surface area contributed by atoms with Gasteiger partial charge in [0.2, 0.25) is 5.95 Å². The molecule has 1 saturated heterocycles. The van der Waals surface area contributed by atoms with Crippen molar-refractivity contribution in [1.82, 2.24) is 39.9 Å². The second-order valence-corrected chi connectivity index (χ2v) is 10.6. The predicted molar refractivity (Wildman–Crippen MR) is 153 cm³/mol. The van der Waals surface area contributed by atoms with E-state index in [-0.39, 0.29) is 11.5 Å². The number of hydrogen-bond acceptors (Lipinski definition) is 9. The van der Waals surface area contributed by atoms with E-state index in [1.165, 1.54) is 0 Å². The maximum absolute atomic E-state index is 5.10. The van der Waals surface area contributed by atoms with Crippen LogP contribution in [0.1, 0.15) is 25.8 Å². The minimum Gasteiger partial charge on any atom is -0.366 e. The molecule has 0 spiro atoms. The second-order valence-electron chi connectivity index (χ2n) is 10.6. The number of rotatable bonds is 6. The SMILES string of the molecule is CC1(C)CNCC[C@@H]1Nc1nc(-c2ccnc(Nc3nc4ccccn4n3)c2)nc2cncc(C3=CC=C3)c12. The fourth-order valence-corrected chi connectivity index (χ4v) is 5.15. The van der Waals surface area contributed by atoms with Crippen LogP contribution in [-0.2, 0) is 0 Å². The maximum atomic E-state index is 5.10. The summed E-state index contributed by atoms with van der Waals surface area (Å²) in [6.45, 7) is 6.49. The van der Waals surface area contributed by atoms with Crippen molar-refractivity contribution in [3.63, 3.8) is 0 Å². The Bertz CT molecular complexity index is 1730. The number of pyridine rings is 3. The monoisotopic (exact) mass is 516 g/mol. The van der Waals surface area contributed by atoms with Crippen molar-refractivity contribution in [2.45, 2.75) is 26.3 Å². The molecule has 194 valence electrons. The third kappa shape index (κ3) is 4.38. The van der Waals surface area contributed by atoms with Crippen LogP contribution in [0.4, 0.5) is 17.6 Å². The van der Waals surface area contributed by atoms with Crippen LogP contribution >= 0.6 is 0 Å². The van der Waals surface area contributed by atoms with Gasteiger partial charge < -0.3 is 16.0 Å². The highest BCUT2D eigenvalue weighted by molar-refractivity contribution is 6.02. The number of fused-ring (bicyclic) bond motifs is 2. The Labute approximate surface area is 225 Å². The van der Waals surface area contributed by atoms with Crippen molar-refractivity contribution in [2.75, 3.05) is 23.7 Å². The van der Waals surface area contributed by atoms with E-state index < -0.39 is 0 Å². The first-order chi connectivity index (χ1) is 19.0. The van der Waals surface area contributed by atoms with E-state index in [0.717, 1.165) is 58.6 Å². The van der Waals surface area contributed by atoms with Crippen LogP contribution in [0.5, 0.6) is 0 Å². The summed E-state index contributed by atoms with van der Waals surface area (Å²) in [5.74, 6) is 2.50. The van der Waals surface area contributed by atoms with Crippen molar-refractivity contribution in [2.24, 2.45) is 5.41 Å². The van der Waals surface area contributed by atoms with Crippen LogP contribution in [0.25, 0.3) is 33.5 Å². The highest BCUT2D eigenvalue weighted by atomic mass is 15.3. The molecule has 5 aromatic heterocycles. The summed E-state index contributed by atoms with van der Waals surface area (Å²) in [6.07, 6.45) is 14.5. The van der Waals surface area contributed by atoms with Gasteiger partial charge in [0.25, 0.3) is 0 Å². The number of aromatic nitrogens is 7. The van der Waals surface area contributed by atoms with Gasteiger partial charge in [0.1, 0.15) is 11.6 Å². The van der Waals surface area contributed by atoms with Gasteiger partial charge in [0.15, 0.2) is 11.5 Å². The summed E-state index contributed by atoms with van der Waals surface area (Å²) < 4.78 is 1.72. The van der Waals surface area contributed by atoms with Gasteiger partial charge >= 0.3 is 0 Å². The molecule has 1 fully saturated rings. The molecule has 2 aliphatic rings. The van der Waals surface area contributed by atoms with Gasteiger partial charge in [0, 0.05) is 42.3 Å². The lowest BCUT2D eigenvalue weighted by atomic mass is 9.80. The van der Waals surface area contributed by atoms with Gasteiger partial charge in [-0.1, -0.05) is 38.1 Å². The number of allylic oxidation sites excluding steroid dienone is 4. The smallest absolute Gasteiger partial charge is 0.248 e. The normalized spacial score (nSPS) is 18.1. The van der Waals surface area contributed by atoms with E-state index >= 15 is 0 Å². The topological polar surface area (TPSA) is 118 Å². The Kier molecular flexibility index (Phi) is 5.55. The Balaban J connectivity index is 1.29. The van der Waals surface area contributed by atoms with Crippen molar-refractivity contribution in [3.05, 3.63) is 78.9 Å². The van der Waals surface area contributed by atoms with Gasteiger partial charge in [-0.3, -0.25) is 4.98 Å². The fourth-order valence-electron chi connectivity index (χ4n) is 5.15. The summed E-state index contributed by atoms with van der Waals surface area (Å²) in [6, 6.07) is 9.83. The zero-order chi connectivity index (χ0) is 26.4. The third-order valence-electron chi connectivity index (χ3n) is 7.41. The first kappa shape index (κ1) is 23.4. The maximum Gasteiger partial charge on any atom is 0.248 e. The average molecular weight is 517 g/mol. The molecule has 5 aromatic rings. The highest BCUT2D eigenvalue weighted by Crippen LogP contribution is 2.36. The summed E-state index contributed by atoms with van der Waals surface area (Å²) in [5.41, 5.74) is 4.61. The quantitative estimate of drug-likeness (QED) is 0.297. The van der Waals surface area contributed by atoms with E-state index in [1.807, 2.05) is 55.0 Å². The Morgan fingerprint density at radius 3 is 2.85 bits per heavy atom. The molecule has 1 aliphatic heterocycles. The van der Waals surface area contributed by atoms with Gasteiger partial charge in [-0.05, 0) is 48.2 Å². The van der Waals surface area contributed by atoms with Crippen LogP contribution < -0.4 is 16.0 Å². The molecule has 6 heterocycles. The number of hydrogen-bond donors (Lipinski definition) is 3. The molecule has 0 saturated carbocycles.